The van der Waals surface area contributed by atoms with Gasteiger partial charge < -0.3 is 5.73 Å². The molecule has 5 heteroatoms. The lowest BCUT2D eigenvalue weighted by atomic mass is 10.2. The summed E-state index contributed by atoms with van der Waals surface area (Å²) in [5.41, 5.74) is 8.14. The molecule has 2 heterocycles. The maximum absolute atomic E-state index is 5.83. The summed E-state index contributed by atoms with van der Waals surface area (Å²) in [6.07, 6.45) is 0. The molecule has 4 nitrogen and oxygen atoms in total. The predicted molar refractivity (Wildman–Crippen MR) is 56.0 cm³/mol. The molecule has 0 aromatic carbocycles. The maximum Gasteiger partial charge on any atom is 0.145 e. The molecular weight excluding hydrogens is 200 g/mol. The number of pyridine rings is 1. The highest BCUT2D eigenvalue weighted by molar-refractivity contribution is 6.29. The van der Waals surface area contributed by atoms with Crippen molar-refractivity contribution in [3.05, 3.63) is 29.0 Å². The van der Waals surface area contributed by atoms with Crippen molar-refractivity contribution < 1.29 is 0 Å². The van der Waals surface area contributed by atoms with Crippen LogP contribution in [0.1, 0.15) is 5.69 Å². The number of halogens is 1. The topological polar surface area (TPSA) is 67.6 Å². The summed E-state index contributed by atoms with van der Waals surface area (Å²) in [7, 11) is 0. The second kappa shape index (κ2) is 3.31. The number of aryl methyl sites for hydroxylation is 1. The Balaban J connectivity index is 2.51. The summed E-state index contributed by atoms with van der Waals surface area (Å²) in [6.45, 7) is 1.88. The minimum atomic E-state index is 0.464. The molecule has 0 aliphatic carbocycles. The molecule has 0 aliphatic rings. The first-order valence-corrected chi connectivity index (χ1v) is 4.48. The van der Waals surface area contributed by atoms with E-state index < -0.39 is 0 Å². The maximum atomic E-state index is 5.83. The van der Waals surface area contributed by atoms with Crippen molar-refractivity contribution in [2.45, 2.75) is 6.92 Å². The van der Waals surface area contributed by atoms with Gasteiger partial charge in [-0.05, 0) is 19.1 Å². The fraction of sp³-hybridized carbons (Fsp3) is 0.111. The summed E-state index contributed by atoms with van der Waals surface area (Å²) in [5, 5.41) is 7.12. The quantitative estimate of drug-likeness (QED) is 0.705. The van der Waals surface area contributed by atoms with Crippen molar-refractivity contribution >= 4 is 17.4 Å². The predicted octanol–water partition coefficient (Wildman–Crippen LogP) is 2.02. The number of hydrogen-bond acceptors (Lipinski definition) is 3. The van der Waals surface area contributed by atoms with Crippen LogP contribution in [0.15, 0.2) is 18.2 Å². The molecule has 0 radical (unpaired) electrons. The third kappa shape index (κ3) is 1.70. The molecule has 2 aromatic rings. The van der Waals surface area contributed by atoms with Crippen LogP contribution in [0.3, 0.4) is 0 Å². The Bertz CT molecular complexity index is 443. The summed E-state index contributed by atoms with van der Waals surface area (Å²) < 4.78 is 0. The van der Waals surface area contributed by atoms with Crippen molar-refractivity contribution in [3.8, 4) is 11.3 Å². The van der Waals surface area contributed by atoms with E-state index >= 15 is 0 Å². The van der Waals surface area contributed by atoms with Gasteiger partial charge in [0.2, 0.25) is 0 Å². The van der Waals surface area contributed by atoms with Crippen LogP contribution in [0.4, 0.5) is 5.82 Å². The van der Waals surface area contributed by atoms with Gasteiger partial charge in [0, 0.05) is 17.3 Å². The third-order valence-electron chi connectivity index (χ3n) is 1.83. The Kier molecular flexibility index (Phi) is 2.13. The van der Waals surface area contributed by atoms with Gasteiger partial charge in [0.05, 0.1) is 5.69 Å². The highest BCUT2D eigenvalue weighted by Crippen LogP contribution is 2.21. The molecule has 0 amide bonds. The second-order valence-corrected chi connectivity index (χ2v) is 3.41. The van der Waals surface area contributed by atoms with E-state index in [4.69, 9.17) is 17.3 Å². The zero-order valence-electron chi connectivity index (χ0n) is 7.58. The van der Waals surface area contributed by atoms with E-state index in [1.807, 2.05) is 13.0 Å². The minimum absolute atomic E-state index is 0.464. The average Bonchev–Trinajstić information content (AvgIpc) is 2.50. The van der Waals surface area contributed by atoms with Gasteiger partial charge in [0.15, 0.2) is 0 Å². The lowest BCUT2D eigenvalue weighted by Crippen LogP contribution is -1.85. The number of hydrogen-bond donors (Lipinski definition) is 2. The van der Waals surface area contributed by atoms with Gasteiger partial charge in [0.1, 0.15) is 11.0 Å². The molecule has 14 heavy (non-hydrogen) atoms. The molecule has 2 rings (SSSR count). The van der Waals surface area contributed by atoms with Crippen molar-refractivity contribution in [1.29, 1.82) is 0 Å². The highest BCUT2D eigenvalue weighted by atomic mass is 35.5. The van der Waals surface area contributed by atoms with E-state index in [2.05, 4.69) is 15.2 Å². The summed E-state index contributed by atoms with van der Waals surface area (Å²) in [5.74, 6) is 0.464. The van der Waals surface area contributed by atoms with Gasteiger partial charge in [-0.3, -0.25) is 5.10 Å². The molecule has 72 valence electrons. The van der Waals surface area contributed by atoms with Gasteiger partial charge in [-0.25, -0.2) is 4.98 Å². The van der Waals surface area contributed by atoms with Crippen LogP contribution < -0.4 is 5.73 Å². The van der Waals surface area contributed by atoms with Gasteiger partial charge in [-0.1, -0.05) is 11.6 Å². The second-order valence-electron chi connectivity index (χ2n) is 3.03. The van der Waals surface area contributed by atoms with E-state index in [9.17, 15) is 0 Å². The number of H-pyrrole nitrogens is 1. The first kappa shape index (κ1) is 9.02. The van der Waals surface area contributed by atoms with Crippen LogP contribution >= 0.6 is 11.6 Å². The van der Waals surface area contributed by atoms with Crippen LogP contribution in [-0.4, -0.2) is 15.2 Å². The Labute approximate surface area is 86.1 Å². The monoisotopic (exact) mass is 208 g/mol. The Morgan fingerprint density at radius 3 is 2.71 bits per heavy atom. The highest BCUT2D eigenvalue weighted by Gasteiger charge is 2.03. The number of anilines is 1. The van der Waals surface area contributed by atoms with Crippen molar-refractivity contribution in [2.24, 2.45) is 0 Å². The molecule has 0 saturated carbocycles. The molecule has 3 N–H and O–H groups in total. The fourth-order valence-corrected chi connectivity index (χ4v) is 1.52. The van der Waals surface area contributed by atoms with Gasteiger partial charge in [-0.15, -0.1) is 0 Å². The van der Waals surface area contributed by atoms with E-state index in [0.29, 0.717) is 11.0 Å². The zero-order valence-corrected chi connectivity index (χ0v) is 8.34. The molecule has 0 fully saturated rings. The minimum Gasteiger partial charge on any atom is -0.382 e. The number of aromatic amines is 1. The van der Waals surface area contributed by atoms with E-state index in [1.165, 1.54) is 0 Å². The standard InChI is InChI=1S/C9H9ClN4/c1-5-2-6(3-8(10)12-5)7-4-9(11)14-13-7/h2-4H,1H3,(H3,11,13,14). The van der Waals surface area contributed by atoms with E-state index in [0.717, 1.165) is 17.0 Å². The summed E-state index contributed by atoms with van der Waals surface area (Å²) >= 11 is 5.83. The van der Waals surface area contributed by atoms with Crippen molar-refractivity contribution in [1.82, 2.24) is 15.2 Å². The molecule has 0 saturated heterocycles. The first-order valence-electron chi connectivity index (χ1n) is 4.10. The average molecular weight is 209 g/mol. The van der Waals surface area contributed by atoms with Crippen LogP contribution in [0.5, 0.6) is 0 Å². The molecule has 0 atom stereocenters. The first-order chi connectivity index (χ1) is 6.65. The summed E-state index contributed by atoms with van der Waals surface area (Å²) in [6, 6.07) is 5.44. The van der Waals surface area contributed by atoms with E-state index in [-0.39, 0.29) is 0 Å². The largest absolute Gasteiger partial charge is 0.382 e. The number of nitrogens with zero attached hydrogens (tertiary/aromatic N) is 2. The van der Waals surface area contributed by atoms with Gasteiger partial charge >= 0.3 is 0 Å². The molecule has 0 spiro atoms. The van der Waals surface area contributed by atoms with E-state index in [1.54, 1.807) is 12.1 Å². The molecule has 0 unspecified atom stereocenters. The van der Waals surface area contributed by atoms with Gasteiger partial charge in [-0.2, -0.15) is 5.10 Å². The van der Waals surface area contributed by atoms with Crippen molar-refractivity contribution in [2.75, 3.05) is 5.73 Å². The number of nitrogens with one attached hydrogen (secondary N) is 1. The zero-order chi connectivity index (χ0) is 10.1. The Hall–Kier alpha value is -1.55. The van der Waals surface area contributed by atoms with Gasteiger partial charge in [0.25, 0.3) is 0 Å². The Morgan fingerprint density at radius 1 is 1.36 bits per heavy atom. The Morgan fingerprint density at radius 2 is 2.14 bits per heavy atom. The van der Waals surface area contributed by atoms with Crippen LogP contribution in [0.2, 0.25) is 5.15 Å². The lowest BCUT2D eigenvalue weighted by Gasteiger charge is -1.99. The summed E-state index contributed by atoms with van der Waals surface area (Å²) in [4.78, 5) is 4.07. The third-order valence-corrected chi connectivity index (χ3v) is 2.02. The number of rotatable bonds is 1. The molecule has 0 aliphatic heterocycles. The SMILES string of the molecule is Cc1cc(-c2cc(N)n[nH]2)cc(Cl)n1. The fourth-order valence-electron chi connectivity index (χ4n) is 1.27. The smallest absolute Gasteiger partial charge is 0.145 e. The lowest BCUT2D eigenvalue weighted by molar-refractivity contribution is 1.10. The number of nitrogens with two attached hydrogens (primary N) is 1. The number of nitrogen functional groups attached to an aromatic ring is 1. The number of aromatic nitrogens is 3. The molecular formula is C9H9ClN4. The van der Waals surface area contributed by atoms with Crippen LogP contribution in [0.25, 0.3) is 11.3 Å². The normalized spacial score (nSPS) is 10.4. The van der Waals surface area contributed by atoms with Crippen LogP contribution in [0, 0.1) is 6.92 Å². The van der Waals surface area contributed by atoms with Crippen LogP contribution in [-0.2, 0) is 0 Å². The van der Waals surface area contributed by atoms with Crippen molar-refractivity contribution in [3.63, 3.8) is 0 Å². The molecule has 2 aromatic heterocycles. The molecule has 0 bridgehead atoms.